The number of carbonyl (C=O) groups is 1. The summed E-state index contributed by atoms with van der Waals surface area (Å²) in [4.78, 5) is 13.7. The van der Waals surface area contributed by atoms with E-state index in [1.807, 2.05) is 30.0 Å². The Morgan fingerprint density at radius 1 is 1.32 bits per heavy atom. The van der Waals surface area contributed by atoms with Crippen LogP contribution in [0, 0.1) is 0 Å². The van der Waals surface area contributed by atoms with Gasteiger partial charge in [0.25, 0.3) is 0 Å². The highest BCUT2D eigenvalue weighted by molar-refractivity contribution is 5.75. The van der Waals surface area contributed by atoms with Gasteiger partial charge >= 0.3 is 0 Å². The van der Waals surface area contributed by atoms with E-state index in [1.165, 1.54) is 0 Å². The summed E-state index contributed by atoms with van der Waals surface area (Å²) in [5.74, 6) is 0.905. The van der Waals surface area contributed by atoms with Crippen LogP contribution in [0.2, 0.25) is 0 Å². The summed E-state index contributed by atoms with van der Waals surface area (Å²) >= 11 is 0. The number of nitrogens with zero attached hydrogens (tertiary/aromatic N) is 1. The minimum atomic E-state index is 0.211. The van der Waals surface area contributed by atoms with Gasteiger partial charge in [0.05, 0.1) is 12.8 Å². The number of amides is 1. The second-order valence-electron chi connectivity index (χ2n) is 4.56. The fourth-order valence-electron chi connectivity index (χ4n) is 2.06. The molecule has 0 unspecified atom stereocenters. The number of ether oxygens (including phenoxy) is 1. The lowest BCUT2D eigenvalue weighted by atomic mass is 10.1. The highest BCUT2D eigenvalue weighted by Gasteiger charge is 2.10. The zero-order chi connectivity index (χ0) is 14.3. The highest BCUT2D eigenvalue weighted by Crippen LogP contribution is 2.22. The molecule has 1 aromatic rings. The van der Waals surface area contributed by atoms with Crippen LogP contribution in [0.4, 0.5) is 5.69 Å². The van der Waals surface area contributed by atoms with Crippen molar-refractivity contribution < 1.29 is 9.53 Å². The average molecular weight is 264 g/mol. The lowest BCUT2D eigenvalue weighted by Crippen LogP contribution is -2.33. The first-order valence-electron chi connectivity index (χ1n) is 6.82. The van der Waals surface area contributed by atoms with Crippen molar-refractivity contribution in [2.45, 2.75) is 33.1 Å². The maximum Gasteiger partial charge on any atom is 0.222 e. The van der Waals surface area contributed by atoms with Crippen LogP contribution in [0.1, 0.15) is 32.3 Å². The third-order valence-electron chi connectivity index (χ3n) is 3.11. The molecule has 0 bridgehead atoms. The van der Waals surface area contributed by atoms with E-state index >= 15 is 0 Å². The van der Waals surface area contributed by atoms with Crippen LogP contribution in [0.5, 0.6) is 5.75 Å². The average Bonchev–Trinajstić information content (AvgIpc) is 2.42. The number of nitrogen functional groups attached to an aromatic ring is 1. The number of nitrogens with two attached hydrogens (primary N) is 1. The van der Waals surface area contributed by atoms with Crippen molar-refractivity contribution in [2.24, 2.45) is 0 Å². The van der Waals surface area contributed by atoms with Crippen molar-refractivity contribution >= 4 is 11.6 Å². The van der Waals surface area contributed by atoms with Gasteiger partial charge < -0.3 is 15.4 Å². The quantitative estimate of drug-likeness (QED) is 0.770. The fourth-order valence-corrected chi connectivity index (χ4v) is 2.06. The summed E-state index contributed by atoms with van der Waals surface area (Å²) < 4.78 is 5.13. The van der Waals surface area contributed by atoms with E-state index in [4.69, 9.17) is 10.5 Å². The molecule has 0 aromatic heterocycles. The summed E-state index contributed by atoms with van der Waals surface area (Å²) in [6.45, 7) is 5.54. The molecule has 0 saturated heterocycles. The predicted molar refractivity (Wildman–Crippen MR) is 78.3 cm³/mol. The Morgan fingerprint density at radius 3 is 2.58 bits per heavy atom. The smallest absolute Gasteiger partial charge is 0.222 e. The Morgan fingerprint density at radius 2 is 2.05 bits per heavy atom. The number of carbonyl (C=O) groups excluding carboxylic acids is 1. The second-order valence-corrected chi connectivity index (χ2v) is 4.56. The minimum absolute atomic E-state index is 0.211. The molecule has 0 heterocycles. The third kappa shape index (κ3) is 4.47. The molecule has 106 valence electrons. The molecule has 4 nitrogen and oxygen atoms in total. The molecule has 0 aliphatic heterocycles. The predicted octanol–water partition coefficient (Wildman–Crippen LogP) is 2.47. The van der Waals surface area contributed by atoms with Gasteiger partial charge in [-0.15, -0.1) is 0 Å². The van der Waals surface area contributed by atoms with Gasteiger partial charge in [0.1, 0.15) is 5.75 Å². The van der Waals surface area contributed by atoms with Crippen molar-refractivity contribution in [3.05, 3.63) is 23.8 Å². The Balaban J connectivity index is 2.63. The summed E-state index contributed by atoms with van der Waals surface area (Å²) in [5.41, 5.74) is 7.65. The van der Waals surface area contributed by atoms with Crippen molar-refractivity contribution in [1.29, 1.82) is 0 Å². The van der Waals surface area contributed by atoms with E-state index in [2.05, 4.69) is 6.92 Å². The number of hydrogen-bond donors (Lipinski definition) is 1. The van der Waals surface area contributed by atoms with Gasteiger partial charge in [-0.2, -0.15) is 0 Å². The van der Waals surface area contributed by atoms with Crippen LogP contribution in [-0.4, -0.2) is 31.0 Å². The monoisotopic (exact) mass is 264 g/mol. The molecule has 19 heavy (non-hydrogen) atoms. The summed E-state index contributed by atoms with van der Waals surface area (Å²) in [5, 5.41) is 0. The van der Waals surface area contributed by atoms with Crippen LogP contribution in [0.25, 0.3) is 0 Å². The lowest BCUT2D eigenvalue weighted by molar-refractivity contribution is -0.130. The molecule has 1 amide bonds. The Labute approximate surface area is 115 Å². The summed E-state index contributed by atoms with van der Waals surface area (Å²) in [7, 11) is 1.61. The lowest BCUT2D eigenvalue weighted by Gasteiger charge is -2.21. The number of methoxy groups -OCH3 is 1. The molecule has 0 aliphatic carbocycles. The number of rotatable bonds is 7. The van der Waals surface area contributed by atoms with Crippen molar-refractivity contribution in [2.75, 3.05) is 25.9 Å². The molecular weight excluding hydrogens is 240 g/mol. The third-order valence-corrected chi connectivity index (χ3v) is 3.11. The summed E-state index contributed by atoms with van der Waals surface area (Å²) in [6, 6.07) is 5.78. The van der Waals surface area contributed by atoms with E-state index in [9.17, 15) is 4.79 Å². The maximum absolute atomic E-state index is 11.8. The van der Waals surface area contributed by atoms with Crippen LogP contribution in [-0.2, 0) is 11.2 Å². The van der Waals surface area contributed by atoms with E-state index in [0.29, 0.717) is 17.9 Å². The van der Waals surface area contributed by atoms with Gasteiger partial charge in [-0.05, 0) is 30.5 Å². The van der Waals surface area contributed by atoms with Gasteiger partial charge in [-0.3, -0.25) is 4.79 Å². The standard InChI is InChI=1S/C15H24N2O2/c1-4-9-17(15(18)5-2)10-8-12-6-7-14(19-3)13(16)11-12/h6-7,11H,4-5,8-10,16H2,1-3H3. The van der Waals surface area contributed by atoms with Gasteiger partial charge in [-0.25, -0.2) is 0 Å². The van der Waals surface area contributed by atoms with Crippen LogP contribution >= 0.6 is 0 Å². The van der Waals surface area contributed by atoms with Gasteiger partial charge in [0, 0.05) is 19.5 Å². The Kier molecular flexibility index (Phi) is 6.19. The molecule has 1 rings (SSSR count). The minimum Gasteiger partial charge on any atom is -0.495 e. The van der Waals surface area contributed by atoms with Crippen LogP contribution < -0.4 is 10.5 Å². The largest absolute Gasteiger partial charge is 0.495 e. The molecule has 2 N–H and O–H groups in total. The molecule has 0 spiro atoms. The van der Waals surface area contributed by atoms with Crippen LogP contribution in [0.3, 0.4) is 0 Å². The highest BCUT2D eigenvalue weighted by atomic mass is 16.5. The molecule has 0 aliphatic rings. The van der Waals surface area contributed by atoms with E-state index in [-0.39, 0.29) is 5.91 Å². The summed E-state index contributed by atoms with van der Waals surface area (Å²) in [6.07, 6.45) is 2.36. The van der Waals surface area contributed by atoms with Crippen molar-refractivity contribution in [1.82, 2.24) is 4.90 Å². The molecule has 0 fully saturated rings. The fraction of sp³-hybridized carbons (Fsp3) is 0.533. The normalized spacial score (nSPS) is 10.3. The SMILES string of the molecule is CCCN(CCc1ccc(OC)c(N)c1)C(=O)CC. The van der Waals surface area contributed by atoms with E-state index < -0.39 is 0 Å². The van der Waals surface area contributed by atoms with Gasteiger partial charge in [-0.1, -0.05) is 19.9 Å². The Hall–Kier alpha value is -1.71. The first kappa shape index (κ1) is 15.3. The van der Waals surface area contributed by atoms with Gasteiger partial charge in [0.2, 0.25) is 5.91 Å². The van der Waals surface area contributed by atoms with Crippen molar-refractivity contribution in [3.63, 3.8) is 0 Å². The maximum atomic E-state index is 11.8. The van der Waals surface area contributed by atoms with Crippen molar-refractivity contribution in [3.8, 4) is 5.75 Å². The molecule has 4 heteroatoms. The Bertz CT molecular complexity index is 419. The van der Waals surface area contributed by atoms with E-state index in [1.54, 1.807) is 7.11 Å². The number of benzene rings is 1. The number of anilines is 1. The second kappa shape index (κ2) is 7.67. The molecule has 1 aromatic carbocycles. The van der Waals surface area contributed by atoms with E-state index in [0.717, 1.165) is 31.5 Å². The zero-order valence-corrected chi connectivity index (χ0v) is 12.1. The molecule has 0 saturated carbocycles. The molecule has 0 atom stereocenters. The molecule has 0 radical (unpaired) electrons. The first-order valence-corrected chi connectivity index (χ1v) is 6.82. The molecular formula is C15H24N2O2. The zero-order valence-electron chi connectivity index (χ0n) is 12.1. The first-order chi connectivity index (χ1) is 9.12. The number of hydrogen-bond acceptors (Lipinski definition) is 3. The topological polar surface area (TPSA) is 55.6 Å². The van der Waals surface area contributed by atoms with Gasteiger partial charge in [0.15, 0.2) is 0 Å². The van der Waals surface area contributed by atoms with Crippen LogP contribution in [0.15, 0.2) is 18.2 Å².